The summed E-state index contributed by atoms with van der Waals surface area (Å²) in [4.78, 5) is 19.5. The predicted molar refractivity (Wildman–Crippen MR) is 131 cm³/mol. The van der Waals surface area contributed by atoms with Crippen molar-refractivity contribution in [2.75, 3.05) is 33.7 Å². The molecule has 2 aliphatic heterocycles. The molecule has 0 fully saturated rings. The van der Waals surface area contributed by atoms with E-state index in [-0.39, 0.29) is 12.8 Å². The van der Waals surface area contributed by atoms with Crippen molar-refractivity contribution in [1.82, 2.24) is 20.4 Å². The summed E-state index contributed by atoms with van der Waals surface area (Å²) in [7, 11) is 1.61. The van der Waals surface area contributed by atoms with E-state index in [0.29, 0.717) is 55.1 Å². The first kappa shape index (κ1) is 23.7. The van der Waals surface area contributed by atoms with Crippen molar-refractivity contribution >= 4 is 11.6 Å². The summed E-state index contributed by atoms with van der Waals surface area (Å²) in [5.41, 5.74) is 3.04. The van der Waals surface area contributed by atoms with Gasteiger partial charge in [-0.3, -0.25) is 4.90 Å². The highest BCUT2D eigenvalue weighted by molar-refractivity contribution is 5.87. The van der Waals surface area contributed by atoms with Gasteiger partial charge in [0.05, 0.1) is 18.7 Å². The van der Waals surface area contributed by atoms with E-state index >= 15 is 0 Å². The summed E-state index contributed by atoms with van der Waals surface area (Å²) in [6.07, 6.45) is 0.696. The molecule has 2 amide bonds. The lowest BCUT2D eigenvalue weighted by molar-refractivity contribution is 0.136. The lowest BCUT2D eigenvalue weighted by Gasteiger charge is -2.35. The second-order valence-corrected chi connectivity index (χ2v) is 8.35. The van der Waals surface area contributed by atoms with Crippen LogP contribution in [0.5, 0.6) is 17.2 Å². The van der Waals surface area contributed by atoms with Gasteiger partial charge in [0.15, 0.2) is 11.5 Å². The number of hydrogen-bond acceptors (Lipinski definition) is 8. The van der Waals surface area contributed by atoms with Crippen LogP contribution in [-0.4, -0.2) is 54.7 Å². The first-order chi connectivity index (χ1) is 17.6. The molecule has 1 atom stereocenters. The zero-order valence-corrected chi connectivity index (χ0v) is 20.4. The highest BCUT2D eigenvalue weighted by Crippen LogP contribution is 2.39. The first-order valence-electron chi connectivity index (χ1n) is 11.8. The second-order valence-electron chi connectivity index (χ2n) is 8.35. The number of carbonyl (C=O) groups excluding carboxylic acids is 1. The van der Waals surface area contributed by atoms with Crippen LogP contribution in [0.2, 0.25) is 0 Å². The highest BCUT2D eigenvalue weighted by atomic mass is 16.7. The number of carbonyl (C=O) groups is 1. The summed E-state index contributed by atoms with van der Waals surface area (Å²) in [5.74, 6) is 2.73. The summed E-state index contributed by atoms with van der Waals surface area (Å²) in [5, 5.41) is 7.33. The molecule has 10 nitrogen and oxygen atoms in total. The molecule has 3 heterocycles. The van der Waals surface area contributed by atoms with Crippen LogP contribution in [0.1, 0.15) is 37.8 Å². The van der Waals surface area contributed by atoms with Gasteiger partial charge in [0.1, 0.15) is 5.75 Å². The average molecular weight is 493 g/mol. The molecule has 0 saturated carbocycles. The van der Waals surface area contributed by atoms with Gasteiger partial charge in [-0.1, -0.05) is 17.3 Å². The highest BCUT2D eigenvalue weighted by Gasteiger charge is 2.35. The van der Waals surface area contributed by atoms with E-state index in [0.717, 1.165) is 22.4 Å². The molecule has 2 aromatic carbocycles. The molecule has 1 aromatic heterocycles. The summed E-state index contributed by atoms with van der Waals surface area (Å²) < 4.78 is 27.5. The molecule has 0 spiro atoms. The van der Waals surface area contributed by atoms with E-state index < -0.39 is 6.04 Å². The Morgan fingerprint density at radius 2 is 2.03 bits per heavy atom. The topological polar surface area (TPSA) is 108 Å². The molecule has 0 bridgehead atoms. The Balaban J connectivity index is 1.53. The maximum Gasteiger partial charge on any atom is 0.322 e. The third kappa shape index (κ3) is 4.59. The molecular weight excluding hydrogens is 464 g/mol. The molecule has 2 aliphatic rings. The molecular formula is C26H28N4O6. The van der Waals surface area contributed by atoms with Crippen molar-refractivity contribution in [3.05, 3.63) is 59.6 Å². The number of urea groups is 1. The fourth-order valence-electron chi connectivity index (χ4n) is 4.35. The number of fused-ring (bicyclic) bond motifs is 1. The number of nitrogens with one attached hydrogen (secondary N) is 1. The zero-order chi connectivity index (χ0) is 25.1. The van der Waals surface area contributed by atoms with Crippen molar-refractivity contribution in [2.24, 2.45) is 0 Å². The Bertz CT molecular complexity index is 1290. The summed E-state index contributed by atoms with van der Waals surface area (Å²) >= 11 is 0. The van der Waals surface area contributed by atoms with Crippen LogP contribution >= 0.6 is 0 Å². The predicted octanol–water partition coefficient (Wildman–Crippen LogP) is 4.40. The van der Waals surface area contributed by atoms with Gasteiger partial charge >= 0.3 is 6.03 Å². The SMILES string of the molecule is CCOCCCN1C(=O)NC(c2cccc(OC)c2)C(c2nc(-c3ccc4c(c3)OCO4)no2)=C1C. The second kappa shape index (κ2) is 10.3. The van der Waals surface area contributed by atoms with Crippen LogP contribution in [0.25, 0.3) is 17.0 Å². The van der Waals surface area contributed by atoms with Crippen LogP contribution < -0.4 is 19.5 Å². The third-order valence-electron chi connectivity index (χ3n) is 6.19. The molecule has 5 rings (SSSR count). The van der Waals surface area contributed by atoms with Crippen molar-refractivity contribution in [2.45, 2.75) is 26.3 Å². The maximum atomic E-state index is 13.1. The fourth-order valence-corrected chi connectivity index (χ4v) is 4.35. The monoisotopic (exact) mass is 492 g/mol. The van der Waals surface area contributed by atoms with Crippen LogP contribution in [0, 0.1) is 0 Å². The van der Waals surface area contributed by atoms with E-state index in [1.54, 1.807) is 12.0 Å². The molecule has 3 aromatic rings. The molecule has 0 saturated heterocycles. The minimum Gasteiger partial charge on any atom is -0.497 e. The van der Waals surface area contributed by atoms with Gasteiger partial charge < -0.3 is 28.8 Å². The van der Waals surface area contributed by atoms with Gasteiger partial charge in [-0.25, -0.2) is 4.79 Å². The fraction of sp³-hybridized carbons (Fsp3) is 0.346. The van der Waals surface area contributed by atoms with Crippen LogP contribution in [0.4, 0.5) is 4.79 Å². The van der Waals surface area contributed by atoms with Crippen molar-refractivity contribution in [3.8, 4) is 28.6 Å². The van der Waals surface area contributed by atoms with Crippen molar-refractivity contribution < 1.29 is 28.3 Å². The number of allylic oxidation sites excluding steroid dienone is 1. The first-order valence-corrected chi connectivity index (χ1v) is 11.8. The Kier molecular flexibility index (Phi) is 6.77. The molecule has 36 heavy (non-hydrogen) atoms. The molecule has 1 N–H and O–H groups in total. The van der Waals surface area contributed by atoms with Crippen molar-refractivity contribution in [1.29, 1.82) is 0 Å². The van der Waals surface area contributed by atoms with Gasteiger partial charge in [0, 0.05) is 31.0 Å². The minimum absolute atomic E-state index is 0.184. The number of aromatic nitrogens is 2. The number of benzene rings is 2. The lowest BCUT2D eigenvalue weighted by atomic mass is 9.94. The third-order valence-corrected chi connectivity index (χ3v) is 6.19. The Morgan fingerprint density at radius 1 is 1.17 bits per heavy atom. The van der Waals surface area contributed by atoms with E-state index in [9.17, 15) is 4.79 Å². The lowest BCUT2D eigenvalue weighted by Crippen LogP contribution is -2.46. The number of hydrogen-bond donors (Lipinski definition) is 1. The molecule has 0 radical (unpaired) electrons. The Labute approximate surface area is 208 Å². The largest absolute Gasteiger partial charge is 0.497 e. The Hall–Kier alpha value is -4.05. The molecule has 10 heteroatoms. The van der Waals surface area contributed by atoms with E-state index in [2.05, 4.69) is 10.5 Å². The van der Waals surface area contributed by atoms with Crippen LogP contribution in [-0.2, 0) is 4.74 Å². The normalized spacial score (nSPS) is 16.9. The number of rotatable bonds is 9. The maximum absolute atomic E-state index is 13.1. The smallest absolute Gasteiger partial charge is 0.322 e. The quantitative estimate of drug-likeness (QED) is 0.438. The standard InChI is InChI=1S/C26H28N4O6/c1-4-33-12-6-11-30-16(2)22(23(27-26(30)31)17-7-5-8-19(13-17)32-3)25-28-24(29-36-25)18-9-10-20-21(14-18)35-15-34-20/h5,7-10,13-14,23H,4,6,11-12,15H2,1-3H3,(H,27,31). The summed E-state index contributed by atoms with van der Waals surface area (Å²) in [6, 6.07) is 12.3. The van der Waals surface area contributed by atoms with Gasteiger partial charge in [-0.15, -0.1) is 0 Å². The zero-order valence-electron chi connectivity index (χ0n) is 20.4. The molecule has 188 valence electrons. The van der Waals surface area contributed by atoms with Crippen LogP contribution in [0.15, 0.2) is 52.7 Å². The number of methoxy groups -OCH3 is 1. The van der Waals surface area contributed by atoms with E-state index in [4.69, 9.17) is 28.5 Å². The summed E-state index contributed by atoms with van der Waals surface area (Å²) in [6.45, 7) is 5.72. The van der Waals surface area contributed by atoms with Gasteiger partial charge in [-0.2, -0.15) is 4.98 Å². The number of ether oxygens (including phenoxy) is 4. The van der Waals surface area contributed by atoms with Crippen molar-refractivity contribution in [3.63, 3.8) is 0 Å². The number of amides is 2. The molecule has 0 aliphatic carbocycles. The van der Waals surface area contributed by atoms with Gasteiger partial charge in [0.25, 0.3) is 5.89 Å². The van der Waals surface area contributed by atoms with Gasteiger partial charge in [-0.05, 0) is 56.2 Å². The molecule has 1 unspecified atom stereocenters. The average Bonchev–Trinajstić information content (AvgIpc) is 3.57. The Morgan fingerprint density at radius 3 is 2.86 bits per heavy atom. The van der Waals surface area contributed by atoms with E-state index in [1.165, 1.54) is 0 Å². The van der Waals surface area contributed by atoms with Crippen LogP contribution in [0.3, 0.4) is 0 Å². The number of nitrogens with zero attached hydrogens (tertiary/aromatic N) is 3. The van der Waals surface area contributed by atoms with E-state index in [1.807, 2.05) is 56.3 Å². The van der Waals surface area contributed by atoms with Gasteiger partial charge in [0.2, 0.25) is 12.6 Å². The minimum atomic E-state index is -0.499.